The first-order valence-corrected chi connectivity index (χ1v) is 7.95. The molecule has 4 atom stereocenters. The molecule has 2 saturated heterocycles. The van der Waals surface area contributed by atoms with Crippen LogP contribution in [0.4, 0.5) is 0 Å². The number of hydrogen-bond donors (Lipinski definition) is 0. The number of rotatable bonds is 5. The van der Waals surface area contributed by atoms with E-state index in [0.717, 1.165) is 39.1 Å². The number of fused-ring (bicyclic) bond motifs is 4. The van der Waals surface area contributed by atoms with Crippen LogP contribution in [-0.4, -0.2) is 42.8 Å². The third kappa shape index (κ3) is 2.17. The molecule has 0 aromatic carbocycles. The summed E-state index contributed by atoms with van der Waals surface area (Å²) in [5, 5.41) is 8.20. The van der Waals surface area contributed by atoms with Crippen LogP contribution in [0, 0.1) is 36.0 Å². The molecule has 4 rings (SSSR count). The Balaban J connectivity index is 1.27. The lowest BCUT2D eigenvalue weighted by Crippen LogP contribution is -2.44. The highest BCUT2D eigenvalue weighted by atomic mass is 16.5. The van der Waals surface area contributed by atoms with E-state index in [1.807, 2.05) is 0 Å². The summed E-state index contributed by atoms with van der Waals surface area (Å²) in [6.45, 7) is 3.67. The van der Waals surface area contributed by atoms with Gasteiger partial charge in [-0.1, -0.05) is 0 Å². The normalized spacial score (nSPS) is 37.6. The van der Waals surface area contributed by atoms with Gasteiger partial charge >= 0.3 is 0 Å². The van der Waals surface area contributed by atoms with E-state index in [0.29, 0.717) is 36.5 Å². The van der Waals surface area contributed by atoms with E-state index in [1.54, 1.807) is 0 Å². The van der Waals surface area contributed by atoms with E-state index >= 15 is 0 Å². The van der Waals surface area contributed by atoms with Gasteiger partial charge in [0.2, 0.25) is 5.91 Å². The van der Waals surface area contributed by atoms with Crippen LogP contribution in [0.15, 0.2) is 10.2 Å². The van der Waals surface area contributed by atoms with Gasteiger partial charge in [0, 0.05) is 38.8 Å². The van der Waals surface area contributed by atoms with E-state index in [-0.39, 0.29) is 11.6 Å². The van der Waals surface area contributed by atoms with Crippen molar-refractivity contribution in [1.29, 1.82) is 0 Å². The van der Waals surface area contributed by atoms with Crippen LogP contribution >= 0.6 is 0 Å². The Kier molecular flexibility index (Phi) is 3.04. The van der Waals surface area contributed by atoms with E-state index in [4.69, 9.17) is 11.2 Å². The topological polar surface area (TPSA) is 54.3 Å². The summed E-state index contributed by atoms with van der Waals surface area (Å²) in [6, 6.07) is 0. The fraction of sp³-hybridized carbons (Fsp3) is 0.812. The van der Waals surface area contributed by atoms with Crippen molar-refractivity contribution in [3.63, 3.8) is 0 Å². The van der Waals surface area contributed by atoms with Crippen LogP contribution < -0.4 is 0 Å². The maximum absolute atomic E-state index is 12.4. The zero-order chi connectivity index (χ0) is 14.4. The molecule has 3 fully saturated rings. The van der Waals surface area contributed by atoms with Crippen LogP contribution in [0.25, 0.3) is 0 Å². The van der Waals surface area contributed by atoms with Gasteiger partial charge in [-0.05, 0) is 23.7 Å². The van der Waals surface area contributed by atoms with Crippen LogP contribution in [-0.2, 0) is 9.53 Å². The van der Waals surface area contributed by atoms with Gasteiger partial charge in [-0.3, -0.25) is 4.79 Å². The van der Waals surface area contributed by atoms with Crippen LogP contribution in [0.5, 0.6) is 0 Å². The Bertz CT molecular complexity index is 500. The predicted molar refractivity (Wildman–Crippen MR) is 76.2 cm³/mol. The lowest BCUT2D eigenvalue weighted by atomic mass is 9.60. The Morgan fingerprint density at radius 1 is 1.19 bits per heavy atom. The molecule has 0 radical (unpaired) electrons. The third-order valence-corrected chi connectivity index (χ3v) is 5.83. The Morgan fingerprint density at radius 3 is 2.43 bits per heavy atom. The molecule has 1 aliphatic carbocycles. The summed E-state index contributed by atoms with van der Waals surface area (Å²) in [4.78, 5) is 14.5. The molecule has 4 aliphatic rings. The average molecular weight is 287 g/mol. The molecular formula is C16H21N3O2. The number of hydrogen-bond acceptors (Lipinski definition) is 4. The van der Waals surface area contributed by atoms with Crippen LogP contribution in [0.2, 0.25) is 0 Å². The van der Waals surface area contributed by atoms with Gasteiger partial charge in [-0.2, -0.15) is 10.2 Å². The smallest absolute Gasteiger partial charge is 0.222 e. The SMILES string of the molecule is C#CCCC1(CCC(=O)N2CC3C4COCC4C3C2)N=N1. The highest BCUT2D eigenvalue weighted by Crippen LogP contribution is 2.53. The quantitative estimate of drug-likeness (QED) is 0.723. The van der Waals surface area contributed by atoms with Crippen molar-refractivity contribution in [2.75, 3.05) is 26.3 Å². The molecule has 112 valence electrons. The summed E-state index contributed by atoms with van der Waals surface area (Å²) < 4.78 is 5.56. The molecule has 0 spiro atoms. The summed E-state index contributed by atoms with van der Waals surface area (Å²) >= 11 is 0. The van der Waals surface area contributed by atoms with Crippen molar-refractivity contribution in [3.05, 3.63) is 0 Å². The number of terminal acetylenes is 1. The standard InChI is InChI=1S/C16H21N3O2/c1-2-3-5-16(17-18-16)6-4-15(20)19-7-11-12(8-19)14-10-21-9-13(11)14/h1,11-14H,3-10H2. The summed E-state index contributed by atoms with van der Waals surface area (Å²) in [6.07, 6.45) is 8.00. The first-order chi connectivity index (χ1) is 10.2. The molecule has 3 heterocycles. The number of ether oxygens (including phenoxy) is 1. The Morgan fingerprint density at radius 2 is 1.86 bits per heavy atom. The van der Waals surface area contributed by atoms with Crippen molar-refractivity contribution >= 4 is 5.91 Å². The minimum atomic E-state index is -0.328. The lowest BCUT2D eigenvalue weighted by Gasteiger charge is -2.42. The van der Waals surface area contributed by atoms with E-state index in [9.17, 15) is 4.79 Å². The van der Waals surface area contributed by atoms with E-state index in [2.05, 4.69) is 21.0 Å². The molecule has 0 N–H and O–H groups in total. The second kappa shape index (κ2) is 4.81. The predicted octanol–water partition coefficient (Wildman–Crippen LogP) is 1.69. The first kappa shape index (κ1) is 13.3. The van der Waals surface area contributed by atoms with E-state index < -0.39 is 0 Å². The van der Waals surface area contributed by atoms with Gasteiger partial charge in [-0.25, -0.2) is 0 Å². The Hall–Kier alpha value is -1.41. The number of carbonyl (C=O) groups excluding carboxylic acids is 1. The largest absolute Gasteiger partial charge is 0.381 e. The minimum absolute atomic E-state index is 0.265. The molecule has 5 heteroatoms. The fourth-order valence-corrected chi connectivity index (χ4v) is 4.42. The summed E-state index contributed by atoms with van der Waals surface area (Å²) in [7, 11) is 0. The van der Waals surface area contributed by atoms with Crippen LogP contribution in [0.3, 0.4) is 0 Å². The molecule has 4 unspecified atom stereocenters. The third-order valence-electron chi connectivity index (χ3n) is 5.83. The molecule has 21 heavy (non-hydrogen) atoms. The molecule has 0 aromatic heterocycles. The van der Waals surface area contributed by atoms with Crippen molar-refractivity contribution in [1.82, 2.24) is 4.90 Å². The van der Waals surface area contributed by atoms with Gasteiger partial charge in [0.25, 0.3) is 0 Å². The summed E-state index contributed by atoms with van der Waals surface area (Å²) in [5.74, 6) is 5.68. The number of nitrogens with zero attached hydrogens (tertiary/aromatic N) is 3. The maximum atomic E-state index is 12.4. The Labute approximate surface area is 125 Å². The van der Waals surface area contributed by atoms with Gasteiger partial charge in [0.05, 0.1) is 13.2 Å². The van der Waals surface area contributed by atoms with Gasteiger partial charge in [0.1, 0.15) is 0 Å². The van der Waals surface area contributed by atoms with Gasteiger partial charge in [-0.15, -0.1) is 12.3 Å². The van der Waals surface area contributed by atoms with Gasteiger partial charge in [0.15, 0.2) is 5.66 Å². The lowest BCUT2D eigenvalue weighted by molar-refractivity contribution is -0.130. The zero-order valence-electron chi connectivity index (χ0n) is 12.2. The number of amides is 1. The minimum Gasteiger partial charge on any atom is -0.381 e. The van der Waals surface area contributed by atoms with Crippen molar-refractivity contribution in [2.45, 2.75) is 31.3 Å². The van der Waals surface area contributed by atoms with Crippen molar-refractivity contribution in [2.24, 2.45) is 33.9 Å². The molecule has 0 bridgehead atoms. The second-order valence-electron chi connectivity index (χ2n) is 6.88. The maximum Gasteiger partial charge on any atom is 0.222 e. The highest BCUT2D eigenvalue weighted by Gasteiger charge is 2.57. The molecule has 0 aromatic rings. The second-order valence-corrected chi connectivity index (χ2v) is 6.88. The molecule has 1 saturated carbocycles. The monoisotopic (exact) mass is 287 g/mol. The zero-order valence-corrected chi connectivity index (χ0v) is 12.2. The highest BCUT2D eigenvalue weighted by molar-refractivity contribution is 5.76. The average Bonchev–Trinajstić information content (AvgIpc) is 2.96. The molecule has 5 nitrogen and oxygen atoms in total. The van der Waals surface area contributed by atoms with Crippen molar-refractivity contribution in [3.8, 4) is 12.3 Å². The van der Waals surface area contributed by atoms with Crippen molar-refractivity contribution < 1.29 is 9.53 Å². The number of carbonyl (C=O) groups is 1. The molecular weight excluding hydrogens is 266 g/mol. The summed E-state index contributed by atoms with van der Waals surface area (Å²) in [5.41, 5.74) is -0.328. The van der Waals surface area contributed by atoms with Crippen LogP contribution in [0.1, 0.15) is 25.7 Å². The fourth-order valence-electron chi connectivity index (χ4n) is 4.42. The van der Waals surface area contributed by atoms with Gasteiger partial charge < -0.3 is 9.64 Å². The first-order valence-electron chi connectivity index (χ1n) is 7.95. The number of likely N-dealkylation sites (tertiary alicyclic amines) is 1. The molecule has 3 aliphatic heterocycles. The van der Waals surface area contributed by atoms with E-state index in [1.165, 1.54) is 0 Å². The molecule has 1 amide bonds.